The molecule has 0 unspecified atom stereocenters. The molecule has 1 heterocycles. The number of hydrogen-bond acceptors (Lipinski definition) is 5. The van der Waals surface area contributed by atoms with E-state index in [-0.39, 0.29) is 13.2 Å². The number of rotatable bonds is 5. The number of carbonyl (C=O) groups is 1. The fourth-order valence-corrected chi connectivity index (χ4v) is 0.942. The van der Waals surface area contributed by atoms with Crippen molar-refractivity contribution >= 4 is 6.16 Å². The monoisotopic (exact) mass is 214 g/mol. The van der Waals surface area contributed by atoms with Crippen LogP contribution in [0.3, 0.4) is 0 Å². The van der Waals surface area contributed by atoms with Crippen LogP contribution in [0.15, 0.2) is 16.5 Å². The van der Waals surface area contributed by atoms with E-state index >= 15 is 0 Å². The summed E-state index contributed by atoms with van der Waals surface area (Å²) in [5, 5.41) is 8.72. The molecule has 0 fully saturated rings. The van der Waals surface area contributed by atoms with Crippen molar-refractivity contribution in [3.63, 3.8) is 0 Å². The van der Waals surface area contributed by atoms with Crippen LogP contribution in [0.25, 0.3) is 0 Å². The molecule has 1 rings (SSSR count). The molecule has 0 aromatic carbocycles. The van der Waals surface area contributed by atoms with Gasteiger partial charge in [-0.25, -0.2) is 4.79 Å². The molecule has 0 amide bonds. The van der Waals surface area contributed by atoms with Crippen molar-refractivity contribution in [3.05, 3.63) is 23.7 Å². The van der Waals surface area contributed by atoms with E-state index in [4.69, 9.17) is 19.0 Å². The summed E-state index contributed by atoms with van der Waals surface area (Å²) >= 11 is 0. The van der Waals surface area contributed by atoms with Crippen LogP contribution in [0.4, 0.5) is 4.79 Å². The molecule has 0 spiro atoms. The van der Waals surface area contributed by atoms with Crippen LogP contribution < -0.4 is 0 Å². The van der Waals surface area contributed by atoms with Gasteiger partial charge in [-0.3, -0.25) is 0 Å². The first-order chi connectivity index (χ1) is 7.26. The normalized spacial score (nSPS) is 10.0. The van der Waals surface area contributed by atoms with Crippen LogP contribution in [0.2, 0.25) is 0 Å². The molecule has 0 aliphatic rings. The molecule has 0 aliphatic heterocycles. The third kappa shape index (κ3) is 4.03. The van der Waals surface area contributed by atoms with Gasteiger partial charge < -0.3 is 19.0 Å². The Morgan fingerprint density at radius 1 is 1.40 bits per heavy atom. The third-order valence-corrected chi connectivity index (χ3v) is 1.63. The highest BCUT2D eigenvalue weighted by molar-refractivity contribution is 5.59. The Hall–Kier alpha value is -1.49. The van der Waals surface area contributed by atoms with Gasteiger partial charge >= 0.3 is 6.16 Å². The molecule has 0 saturated heterocycles. The topological polar surface area (TPSA) is 68.9 Å². The molecule has 1 aromatic rings. The van der Waals surface area contributed by atoms with E-state index in [2.05, 4.69) is 0 Å². The number of aliphatic hydroxyl groups is 1. The van der Waals surface area contributed by atoms with Crippen molar-refractivity contribution in [2.45, 2.75) is 26.6 Å². The number of furan rings is 1. The molecule has 0 radical (unpaired) electrons. The Kier molecular flexibility index (Phi) is 4.70. The van der Waals surface area contributed by atoms with Crippen molar-refractivity contribution in [3.8, 4) is 0 Å². The van der Waals surface area contributed by atoms with Gasteiger partial charge in [0.05, 0.1) is 6.61 Å². The van der Waals surface area contributed by atoms with Gasteiger partial charge in [0.1, 0.15) is 18.1 Å². The maximum Gasteiger partial charge on any atom is 0.508 e. The van der Waals surface area contributed by atoms with Gasteiger partial charge in [-0.2, -0.15) is 0 Å². The van der Waals surface area contributed by atoms with Crippen molar-refractivity contribution < 1.29 is 23.8 Å². The second kappa shape index (κ2) is 6.08. The van der Waals surface area contributed by atoms with Crippen LogP contribution in [-0.4, -0.2) is 17.9 Å². The van der Waals surface area contributed by atoms with Gasteiger partial charge in [-0.05, 0) is 18.6 Å². The van der Waals surface area contributed by atoms with Crippen LogP contribution in [0, 0.1) is 0 Å². The molecule has 0 bridgehead atoms. The van der Waals surface area contributed by atoms with Gasteiger partial charge in [-0.15, -0.1) is 0 Å². The van der Waals surface area contributed by atoms with E-state index in [1.165, 1.54) is 0 Å². The molecule has 15 heavy (non-hydrogen) atoms. The van der Waals surface area contributed by atoms with Gasteiger partial charge in [0.25, 0.3) is 0 Å². The number of hydrogen-bond donors (Lipinski definition) is 1. The average molecular weight is 214 g/mol. The molecule has 1 aromatic heterocycles. The lowest BCUT2D eigenvalue weighted by Gasteiger charge is -2.02. The summed E-state index contributed by atoms with van der Waals surface area (Å²) in [6.45, 7) is 2.09. The summed E-state index contributed by atoms with van der Waals surface area (Å²) < 4.78 is 14.6. The van der Waals surface area contributed by atoms with E-state index < -0.39 is 6.16 Å². The van der Waals surface area contributed by atoms with E-state index in [1.807, 2.05) is 6.92 Å². The SMILES string of the molecule is CCCOC(=O)OCc1ccc(CO)o1. The zero-order valence-electron chi connectivity index (χ0n) is 8.56. The van der Waals surface area contributed by atoms with E-state index in [1.54, 1.807) is 12.1 Å². The van der Waals surface area contributed by atoms with Crippen molar-refractivity contribution in [2.24, 2.45) is 0 Å². The van der Waals surface area contributed by atoms with Crippen LogP contribution in [0.1, 0.15) is 24.9 Å². The number of carbonyl (C=O) groups excluding carboxylic acids is 1. The number of aliphatic hydroxyl groups excluding tert-OH is 1. The summed E-state index contributed by atoms with van der Waals surface area (Å²) in [7, 11) is 0. The van der Waals surface area contributed by atoms with Crippen LogP contribution in [0.5, 0.6) is 0 Å². The van der Waals surface area contributed by atoms with Gasteiger partial charge in [0, 0.05) is 0 Å². The molecule has 0 aliphatic carbocycles. The highest BCUT2D eigenvalue weighted by Crippen LogP contribution is 2.09. The minimum absolute atomic E-state index is 0.0164. The standard InChI is InChI=1S/C10H14O5/c1-2-5-13-10(12)14-7-9-4-3-8(6-11)15-9/h3-4,11H,2,5-7H2,1H3. The summed E-state index contributed by atoms with van der Waals surface area (Å²) in [6.07, 6.45) is 0.0450. The second-order valence-corrected chi connectivity index (χ2v) is 2.91. The maximum absolute atomic E-state index is 10.9. The zero-order valence-corrected chi connectivity index (χ0v) is 8.56. The summed E-state index contributed by atoms with van der Waals surface area (Å²) in [5.41, 5.74) is 0. The molecular formula is C10H14O5. The Bertz CT molecular complexity index is 305. The quantitative estimate of drug-likeness (QED) is 0.757. The molecule has 84 valence electrons. The summed E-state index contributed by atoms with van der Waals surface area (Å²) in [4.78, 5) is 10.9. The number of ether oxygens (including phenoxy) is 2. The predicted molar refractivity (Wildman–Crippen MR) is 51.1 cm³/mol. The first-order valence-corrected chi connectivity index (χ1v) is 4.74. The lowest BCUT2D eigenvalue weighted by molar-refractivity contribution is 0.0449. The van der Waals surface area contributed by atoms with Crippen LogP contribution >= 0.6 is 0 Å². The molecule has 0 saturated carbocycles. The fraction of sp³-hybridized carbons (Fsp3) is 0.500. The first-order valence-electron chi connectivity index (χ1n) is 4.74. The van der Waals surface area contributed by atoms with Gasteiger partial charge in [-0.1, -0.05) is 6.92 Å². The molecule has 0 atom stereocenters. The van der Waals surface area contributed by atoms with E-state index in [0.717, 1.165) is 6.42 Å². The zero-order chi connectivity index (χ0) is 11.1. The van der Waals surface area contributed by atoms with Crippen LogP contribution in [-0.2, 0) is 22.7 Å². The first kappa shape index (κ1) is 11.6. The van der Waals surface area contributed by atoms with Gasteiger partial charge in [0.15, 0.2) is 6.61 Å². The largest absolute Gasteiger partial charge is 0.508 e. The second-order valence-electron chi connectivity index (χ2n) is 2.91. The lowest BCUT2D eigenvalue weighted by atomic mass is 10.4. The highest BCUT2D eigenvalue weighted by atomic mass is 16.7. The summed E-state index contributed by atoms with van der Waals surface area (Å²) in [5.74, 6) is 0.919. The van der Waals surface area contributed by atoms with E-state index in [0.29, 0.717) is 18.1 Å². The molecule has 1 N–H and O–H groups in total. The minimum atomic E-state index is -0.709. The third-order valence-electron chi connectivity index (χ3n) is 1.63. The molecule has 5 nitrogen and oxygen atoms in total. The Morgan fingerprint density at radius 3 is 2.73 bits per heavy atom. The van der Waals surface area contributed by atoms with Crippen molar-refractivity contribution in [1.29, 1.82) is 0 Å². The average Bonchev–Trinajstić information content (AvgIpc) is 2.71. The Balaban J connectivity index is 2.27. The molecule has 5 heteroatoms. The molecular weight excluding hydrogens is 200 g/mol. The smallest absolute Gasteiger partial charge is 0.460 e. The summed E-state index contributed by atoms with van der Waals surface area (Å²) in [6, 6.07) is 3.26. The Labute approximate surface area is 87.6 Å². The minimum Gasteiger partial charge on any atom is -0.460 e. The Morgan fingerprint density at radius 2 is 2.13 bits per heavy atom. The lowest BCUT2D eigenvalue weighted by Crippen LogP contribution is -2.07. The van der Waals surface area contributed by atoms with E-state index in [9.17, 15) is 4.79 Å². The van der Waals surface area contributed by atoms with Crippen molar-refractivity contribution in [1.82, 2.24) is 0 Å². The van der Waals surface area contributed by atoms with Crippen molar-refractivity contribution in [2.75, 3.05) is 6.61 Å². The predicted octanol–water partition coefficient (Wildman–Crippen LogP) is 1.84. The fourth-order valence-electron chi connectivity index (χ4n) is 0.942. The maximum atomic E-state index is 10.9. The van der Waals surface area contributed by atoms with Gasteiger partial charge in [0.2, 0.25) is 0 Å². The highest BCUT2D eigenvalue weighted by Gasteiger charge is 2.06.